The van der Waals surface area contributed by atoms with Crippen LogP contribution >= 0.6 is 11.6 Å². The molecule has 0 aliphatic carbocycles. The highest BCUT2D eigenvalue weighted by atomic mass is 35.5. The van der Waals surface area contributed by atoms with Gasteiger partial charge in [-0.3, -0.25) is 0 Å². The molecule has 0 radical (unpaired) electrons. The van der Waals surface area contributed by atoms with Crippen LogP contribution in [0.4, 0.5) is 0 Å². The largest absolute Gasteiger partial charge is 0.151 e. The molecule has 7 heavy (non-hydrogen) atoms. The molecule has 1 atom stereocenters. The van der Waals surface area contributed by atoms with Gasteiger partial charge in [0.05, 0.1) is 6.54 Å². The molecular weight excluding hydrogens is 114 g/mol. The quantitative estimate of drug-likeness (QED) is 0.412. The average Bonchev–Trinajstić information content (AvgIpc) is 1.68. The minimum absolute atomic E-state index is 0.235. The summed E-state index contributed by atoms with van der Waals surface area (Å²) < 4.78 is 0. The summed E-state index contributed by atoms with van der Waals surface area (Å²) >= 11 is 5.33. The third-order valence-corrected chi connectivity index (χ3v) is 1.18. The fourth-order valence-corrected chi connectivity index (χ4v) is 0.274. The highest BCUT2D eigenvalue weighted by Gasteiger charge is 1.95. The van der Waals surface area contributed by atoms with Crippen molar-refractivity contribution < 1.29 is 0 Å². The smallest absolute Gasteiger partial charge is 0.0848 e. The maximum absolute atomic E-state index is 9.47. The first kappa shape index (κ1) is 6.89. The number of nitroso groups, excluding NO2 is 1. The highest BCUT2D eigenvalue weighted by Crippen LogP contribution is 1.96. The molecule has 2 nitrogen and oxygen atoms in total. The molecule has 0 N–H and O–H groups in total. The van der Waals surface area contributed by atoms with Crippen LogP contribution in [0.3, 0.4) is 0 Å². The third-order valence-electron chi connectivity index (χ3n) is 0.650. The lowest BCUT2D eigenvalue weighted by molar-refractivity contribution is 0.670. The zero-order valence-corrected chi connectivity index (χ0v) is 4.98. The van der Waals surface area contributed by atoms with E-state index in [-0.39, 0.29) is 5.92 Å². The van der Waals surface area contributed by atoms with Gasteiger partial charge in [0.2, 0.25) is 0 Å². The molecule has 1 unspecified atom stereocenters. The normalized spacial score (nSPS) is 13.4. The Bertz CT molecular complexity index is 57.7. The van der Waals surface area contributed by atoms with Crippen LogP contribution in [0, 0.1) is 10.8 Å². The molecule has 0 heterocycles. The second-order valence-electron chi connectivity index (χ2n) is 1.57. The summed E-state index contributed by atoms with van der Waals surface area (Å²) in [5, 5.41) is 2.67. The van der Waals surface area contributed by atoms with E-state index in [2.05, 4.69) is 5.18 Å². The minimum Gasteiger partial charge on any atom is -0.151 e. The van der Waals surface area contributed by atoms with Crippen LogP contribution in [0.15, 0.2) is 5.18 Å². The molecule has 0 aliphatic rings. The van der Waals surface area contributed by atoms with Crippen LogP contribution in [-0.2, 0) is 0 Å². The molecule has 0 aromatic carbocycles. The van der Waals surface area contributed by atoms with Crippen LogP contribution in [0.25, 0.3) is 0 Å². The summed E-state index contributed by atoms with van der Waals surface area (Å²) in [6.45, 7) is 2.22. The van der Waals surface area contributed by atoms with Crippen molar-refractivity contribution in [1.82, 2.24) is 0 Å². The molecule has 0 aromatic heterocycles. The van der Waals surface area contributed by atoms with Gasteiger partial charge in [-0.15, -0.1) is 11.6 Å². The summed E-state index contributed by atoms with van der Waals surface area (Å²) in [7, 11) is 0. The molecule has 0 spiro atoms. The predicted octanol–water partition coefficient (Wildman–Crippen LogP) is 1.63. The average molecular weight is 122 g/mol. The molecule has 42 valence electrons. The molecule has 0 bridgehead atoms. The first-order valence-corrected chi connectivity index (χ1v) is 2.69. The van der Waals surface area contributed by atoms with E-state index in [4.69, 9.17) is 11.6 Å². The zero-order chi connectivity index (χ0) is 5.70. The van der Waals surface area contributed by atoms with Crippen molar-refractivity contribution in [1.29, 1.82) is 0 Å². The Labute approximate surface area is 47.8 Å². The Kier molecular flexibility index (Phi) is 4.00. The van der Waals surface area contributed by atoms with Gasteiger partial charge in [-0.2, -0.15) is 4.91 Å². The van der Waals surface area contributed by atoms with Crippen LogP contribution in [-0.4, -0.2) is 12.4 Å². The molecule has 0 fully saturated rings. The number of rotatable bonds is 3. The van der Waals surface area contributed by atoms with Gasteiger partial charge < -0.3 is 0 Å². The summed E-state index contributed by atoms with van der Waals surface area (Å²) in [6.07, 6.45) is 0. The van der Waals surface area contributed by atoms with Gasteiger partial charge in [0.15, 0.2) is 0 Å². The monoisotopic (exact) mass is 121 g/mol. The summed E-state index contributed by atoms with van der Waals surface area (Å²) in [5.41, 5.74) is 0. The van der Waals surface area contributed by atoms with E-state index in [9.17, 15) is 4.91 Å². The molecule has 0 saturated heterocycles. The topological polar surface area (TPSA) is 29.4 Å². The lowest BCUT2D eigenvalue weighted by Gasteiger charge is -1.95. The molecule has 0 aromatic rings. The van der Waals surface area contributed by atoms with Crippen molar-refractivity contribution in [2.45, 2.75) is 6.92 Å². The van der Waals surface area contributed by atoms with Crippen LogP contribution in [0.1, 0.15) is 6.92 Å². The van der Waals surface area contributed by atoms with Crippen molar-refractivity contribution >= 4 is 11.6 Å². The lowest BCUT2D eigenvalue weighted by atomic mass is 10.2. The highest BCUT2D eigenvalue weighted by molar-refractivity contribution is 6.18. The SMILES string of the molecule is CC(CCl)CN=O. The van der Waals surface area contributed by atoms with Gasteiger partial charge in [0.1, 0.15) is 0 Å². The van der Waals surface area contributed by atoms with Crippen LogP contribution in [0.5, 0.6) is 0 Å². The van der Waals surface area contributed by atoms with Gasteiger partial charge >= 0.3 is 0 Å². The van der Waals surface area contributed by atoms with E-state index in [0.717, 1.165) is 0 Å². The fourth-order valence-electron chi connectivity index (χ4n) is 0.176. The molecule has 0 rings (SSSR count). The second-order valence-corrected chi connectivity index (χ2v) is 1.88. The van der Waals surface area contributed by atoms with Crippen molar-refractivity contribution in [3.05, 3.63) is 4.91 Å². The first-order valence-electron chi connectivity index (χ1n) is 2.16. The van der Waals surface area contributed by atoms with Crippen molar-refractivity contribution in [3.63, 3.8) is 0 Å². The minimum atomic E-state index is 0.235. The number of hydrogen-bond acceptors (Lipinski definition) is 2. The van der Waals surface area contributed by atoms with E-state index >= 15 is 0 Å². The molecular formula is C4H8ClNO. The van der Waals surface area contributed by atoms with E-state index in [1.807, 2.05) is 6.92 Å². The maximum Gasteiger partial charge on any atom is 0.0848 e. The molecule has 0 aliphatic heterocycles. The maximum atomic E-state index is 9.47. The van der Waals surface area contributed by atoms with E-state index in [1.165, 1.54) is 0 Å². The standard InChI is InChI=1S/C4H8ClNO/c1-4(2-5)3-6-7/h4H,2-3H2,1H3. The number of nitrogens with zero attached hydrogens (tertiary/aromatic N) is 1. The second kappa shape index (κ2) is 4.06. The Morgan fingerprint density at radius 2 is 2.43 bits per heavy atom. The van der Waals surface area contributed by atoms with Gasteiger partial charge in [-0.05, 0) is 5.92 Å². The Morgan fingerprint density at radius 3 is 2.57 bits per heavy atom. The fraction of sp³-hybridized carbons (Fsp3) is 1.00. The summed E-state index contributed by atoms with van der Waals surface area (Å²) in [5.74, 6) is 0.755. The van der Waals surface area contributed by atoms with Crippen LogP contribution in [0.2, 0.25) is 0 Å². The molecule has 0 saturated carbocycles. The number of alkyl halides is 1. The van der Waals surface area contributed by atoms with Crippen molar-refractivity contribution in [3.8, 4) is 0 Å². The Balaban J connectivity index is 2.98. The van der Waals surface area contributed by atoms with Gasteiger partial charge in [0.25, 0.3) is 0 Å². The van der Waals surface area contributed by atoms with E-state index in [0.29, 0.717) is 12.4 Å². The molecule has 0 amide bonds. The van der Waals surface area contributed by atoms with Gasteiger partial charge in [-0.1, -0.05) is 12.1 Å². The lowest BCUT2D eigenvalue weighted by Crippen LogP contribution is -1.98. The summed E-state index contributed by atoms with van der Waals surface area (Å²) in [6, 6.07) is 0. The first-order chi connectivity index (χ1) is 3.31. The summed E-state index contributed by atoms with van der Waals surface area (Å²) in [4.78, 5) is 9.47. The third kappa shape index (κ3) is 3.73. The number of halogens is 1. The Morgan fingerprint density at radius 1 is 1.86 bits per heavy atom. The van der Waals surface area contributed by atoms with E-state index < -0.39 is 0 Å². The zero-order valence-electron chi connectivity index (χ0n) is 4.22. The predicted molar refractivity (Wildman–Crippen MR) is 30.5 cm³/mol. The van der Waals surface area contributed by atoms with Crippen LogP contribution < -0.4 is 0 Å². The van der Waals surface area contributed by atoms with Gasteiger partial charge in [-0.25, -0.2) is 0 Å². The van der Waals surface area contributed by atoms with Gasteiger partial charge in [0, 0.05) is 5.88 Å². The van der Waals surface area contributed by atoms with Crippen molar-refractivity contribution in [2.24, 2.45) is 11.1 Å². The van der Waals surface area contributed by atoms with Crippen molar-refractivity contribution in [2.75, 3.05) is 12.4 Å². The molecule has 3 heteroatoms. The number of hydrogen-bond donors (Lipinski definition) is 0. The Hall–Kier alpha value is -0.110. The van der Waals surface area contributed by atoms with E-state index in [1.54, 1.807) is 0 Å².